The van der Waals surface area contributed by atoms with Gasteiger partial charge in [0.2, 0.25) is 10.0 Å². The van der Waals surface area contributed by atoms with Crippen molar-refractivity contribution in [1.82, 2.24) is 9.78 Å². The minimum absolute atomic E-state index is 0.0166. The third-order valence-corrected chi connectivity index (χ3v) is 7.57. The molecule has 1 aliphatic heterocycles. The van der Waals surface area contributed by atoms with Crippen molar-refractivity contribution in [1.29, 1.82) is 0 Å². The molecule has 4 rings (SSSR count). The summed E-state index contributed by atoms with van der Waals surface area (Å²) in [6.07, 6.45) is 0.534. The van der Waals surface area contributed by atoms with Crippen LogP contribution in [0, 0.1) is 13.8 Å². The van der Waals surface area contributed by atoms with Crippen LogP contribution in [0.5, 0.6) is 0 Å². The summed E-state index contributed by atoms with van der Waals surface area (Å²) in [4.78, 5) is 25.4. The van der Waals surface area contributed by atoms with Gasteiger partial charge < -0.3 is 4.74 Å². The number of anilines is 1. The van der Waals surface area contributed by atoms with Crippen LogP contribution in [-0.4, -0.2) is 48.9 Å². The normalized spacial score (nSPS) is 13.1. The summed E-state index contributed by atoms with van der Waals surface area (Å²) < 4.78 is 32.8. The fourth-order valence-corrected chi connectivity index (χ4v) is 5.19. The smallest absolute Gasteiger partial charge is 0.342 e. The number of carbonyl (C=O) groups is 2. The minimum Gasteiger partial charge on any atom is -0.454 e. The molecule has 0 atom stereocenters. The highest BCUT2D eigenvalue weighted by atomic mass is 32.2. The SMILES string of the molecule is CCS(=O)(=O)N1CCc2cc(C(=O)COC(=O)c3c(C)nn(-c4ccccc4)c3C)ccc21. The van der Waals surface area contributed by atoms with E-state index in [9.17, 15) is 18.0 Å². The Hall–Kier alpha value is -3.46. The molecule has 8 nitrogen and oxygen atoms in total. The number of nitrogens with zero attached hydrogens (tertiary/aromatic N) is 3. The number of hydrogen-bond donors (Lipinski definition) is 0. The number of hydrogen-bond acceptors (Lipinski definition) is 6. The fourth-order valence-electron chi connectivity index (χ4n) is 4.04. The van der Waals surface area contributed by atoms with E-state index < -0.39 is 22.6 Å². The zero-order valence-electron chi connectivity index (χ0n) is 18.7. The van der Waals surface area contributed by atoms with Crippen molar-refractivity contribution < 1.29 is 22.7 Å². The Morgan fingerprint density at radius 1 is 1.09 bits per heavy atom. The van der Waals surface area contributed by atoms with E-state index in [2.05, 4.69) is 5.10 Å². The van der Waals surface area contributed by atoms with Gasteiger partial charge in [0, 0.05) is 12.1 Å². The van der Waals surface area contributed by atoms with Gasteiger partial charge in [-0.25, -0.2) is 17.9 Å². The highest BCUT2D eigenvalue weighted by Gasteiger charge is 2.29. The predicted molar refractivity (Wildman–Crippen MR) is 125 cm³/mol. The molecule has 0 amide bonds. The molecule has 2 heterocycles. The van der Waals surface area contributed by atoms with Crippen LogP contribution in [0.2, 0.25) is 0 Å². The number of carbonyl (C=O) groups excluding carboxylic acids is 2. The van der Waals surface area contributed by atoms with E-state index in [1.165, 1.54) is 4.31 Å². The summed E-state index contributed by atoms with van der Waals surface area (Å²) in [6.45, 7) is 5.06. The molecule has 0 saturated heterocycles. The van der Waals surface area contributed by atoms with Gasteiger partial charge in [0.05, 0.1) is 28.5 Å². The summed E-state index contributed by atoms with van der Waals surface area (Å²) in [7, 11) is -3.35. The van der Waals surface area contributed by atoms with Gasteiger partial charge in [-0.1, -0.05) is 18.2 Å². The van der Waals surface area contributed by atoms with Crippen LogP contribution in [0.25, 0.3) is 5.69 Å². The van der Waals surface area contributed by atoms with Crippen LogP contribution in [0.1, 0.15) is 44.6 Å². The Balaban J connectivity index is 1.47. The molecular weight excluding hydrogens is 442 g/mol. The highest BCUT2D eigenvalue weighted by Crippen LogP contribution is 2.31. The zero-order valence-corrected chi connectivity index (χ0v) is 19.6. The molecule has 0 bridgehead atoms. The Kier molecular flexibility index (Phi) is 6.07. The lowest BCUT2D eigenvalue weighted by molar-refractivity contribution is 0.0473. The van der Waals surface area contributed by atoms with E-state index in [-0.39, 0.29) is 11.5 Å². The molecule has 0 radical (unpaired) electrons. The third-order valence-electron chi connectivity index (χ3n) is 5.79. The van der Waals surface area contributed by atoms with Gasteiger partial charge in [-0.2, -0.15) is 5.10 Å². The van der Waals surface area contributed by atoms with E-state index in [0.29, 0.717) is 41.2 Å². The second-order valence-electron chi connectivity index (χ2n) is 7.86. The topological polar surface area (TPSA) is 98.6 Å². The van der Waals surface area contributed by atoms with E-state index in [4.69, 9.17) is 4.74 Å². The van der Waals surface area contributed by atoms with Crippen molar-refractivity contribution in [2.75, 3.05) is 23.2 Å². The van der Waals surface area contributed by atoms with Crippen LogP contribution < -0.4 is 4.31 Å². The number of para-hydroxylation sites is 1. The maximum absolute atomic E-state index is 12.7. The number of esters is 1. The Labute approximate surface area is 192 Å². The molecule has 33 heavy (non-hydrogen) atoms. The number of benzene rings is 2. The summed E-state index contributed by atoms with van der Waals surface area (Å²) >= 11 is 0. The maximum atomic E-state index is 12.7. The molecule has 2 aromatic carbocycles. The van der Waals surface area contributed by atoms with E-state index >= 15 is 0 Å². The van der Waals surface area contributed by atoms with Crippen LogP contribution in [0.15, 0.2) is 48.5 Å². The second kappa shape index (κ2) is 8.82. The number of ether oxygens (including phenoxy) is 1. The molecule has 0 spiro atoms. The summed E-state index contributed by atoms with van der Waals surface area (Å²) in [5.41, 5.74) is 4.08. The molecule has 0 N–H and O–H groups in total. The quantitative estimate of drug-likeness (QED) is 0.391. The summed E-state index contributed by atoms with van der Waals surface area (Å²) in [5.74, 6) is -0.946. The second-order valence-corrected chi connectivity index (χ2v) is 10.0. The molecule has 0 fully saturated rings. The lowest BCUT2D eigenvalue weighted by atomic mass is 10.1. The molecule has 0 saturated carbocycles. The van der Waals surface area contributed by atoms with E-state index in [1.54, 1.807) is 43.7 Å². The van der Waals surface area contributed by atoms with Crippen LogP contribution in [-0.2, 0) is 21.2 Å². The van der Waals surface area contributed by atoms with Gasteiger partial charge in [-0.15, -0.1) is 0 Å². The summed E-state index contributed by atoms with van der Waals surface area (Å²) in [5, 5.41) is 4.44. The van der Waals surface area contributed by atoms with Gasteiger partial charge in [-0.05, 0) is 63.1 Å². The average molecular weight is 468 g/mol. The lowest BCUT2D eigenvalue weighted by Gasteiger charge is -2.18. The standard InChI is InChI=1S/C24H25N3O5S/c1-4-33(30,31)26-13-12-18-14-19(10-11-21(18)26)22(28)15-32-24(29)23-16(2)25-27(17(23)3)20-8-6-5-7-9-20/h5-11,14H,4,12-13,15H2,1-3H3. The van der Waals surface area contributed by atoms with Crippen LogP contribution in [0.4, 0.5) is 5.69 Å². The first-order valence-corrected chi connectivity index (χ1v) is 12.3. The Morgan fingerprint density at radius 2 is 1.82 bits per heavy atom. The summed E-state index contributed by atoms with van der Waals surface area (Å²) in [6, 6.07) is 14.3. The molecule has 3 aromatic rings. The molecular formula is C24H25N3O5S. The van der Waals surface area contributed by atoms with E-state index in [1.807, 2.05) is 30.3 Å². The lowest BCUT2D eigenvalue weighted by Crippen LogP contribution is -2.30. The van der Waals surface area contributed by atoms with Crippen LogP contribution in [0.3, 0.4) is 0 Å². The van der Waals surface area contributed by atoms with Crippen molar-refractivity contribution >= 4 is 27.5 Å². The van der Waals surface area contributed by atoms with Gasteiger partial charge in [0.25, 0.3) is 0 Å². The molecule has 0 aliphatic carbocycles. The fraction of sp³-hybridized carbons (Fsp3) is 0.292. The van der Waals surface area contributed by atoms with Crippen LogP contribution >= 0.6 is 0 Å². The van der Waals surface area contributed by atoms with Crippen molar-refractivity contribution in [3.8, 4) is 5.69 Å². The van der Waals surface area contributed by atoms with Crippen molar-refractivity contribution in [3.63, 3.8) is 0 Å². The number of aryl methyl sites for hydroxylation is 1. The van der Waals surface area contributed by atoms with Gasteiger partial charge >= 0.3 is 5.97 Å². The number of sulfonamides is 1. The minimum atomic E-state index is -3.35. The number of rotatable bonds is 7. The molecule has 1 aromatic heterocycles. The van der Waals surface area contributed by atoms with Gasteiger partial charge in [-0.3, -0.25) is 9.10 Å². The number of fused-ring (bicyclic) bond motifs is 1. The first kappa shape index (κ1) is 22.7. The molecule has 1 aliphatic rings. The van der Waals surface area contributed by atoms with Gasteiger partial charge in [0.1, 0.15) is 5.56 Å². The average Bonchev–Trinajstić information content (AvgIpc) is 3.38. The molecule has 0 unspecified atom stereocenters. The number of aromatic nitrogens is 2. The highest BCUT2D eigenvalue weighted by molar-refractivity contribution is 7.92. The first-order chi connectivity index (χ1) is 15.7. The molecule has 172 valence electrons. The zero-order chi connectivity index (χ0) is 23.8. The third kappa shape index (κ3) is 4.28. The molecule has 9 heteroatoms. The number of ketones is 1. The van der Waals surface area contributed by atoms with Crippen molar-refractivity contribution in [2.45, 2.75) is 27.2 Å². The Morgan fingerprint density at radius 3 is 2.52 bits per heavy atom. The number of Topliss-reactive ketones (excluding diaryl/α,β-unsaturated/α-hetero) is 1. The van der Waals surface area contributed by atoms with Gasteiger partial charge in [0.15, 0.2) is 12.4 Å². The van der Waals surface area contributed by atoms with Crippen molar-refractivity contribution in [2.24, 2.45) is 0 Å². The maximum Gasteiger partial charge on any atom is 0.342 e. The first-order valence-electron chi connectivity index (χ1n) is 10.7. The largest absolute Gasteiger partial charge is 0.454 e. The predicted octanol–water partition coefficient (Wildman–Crippen LogP) is 3.24. The Bertz CT molecular complexity index is 1330. The van der Waals surface area contributed by atoms with E-state index in [0.717, 1.165) is 11.3 Å². The monoisotopic (exact) mass is 467 g/mol. The van der Waals surface area contributed by atoms with Crippen molar-refractivity contribution in [3.05, 3.63) is 76.6 Å².